The number of hydrogen-bond donors (Lipinski definition) is 0. The van der Waals surface area contributed by atoms with Crippen molar-refractivity contribution in [3.63, 3.8) is 0 Å². The van der Waals surface area contributed by atoms with Gasteiger partial charge in [-0.1, -0.05) is 30.4 Å². The minimum atomic E-state index is -0.646. The molecule has 8 rings (SSSR count). The number of amides is 3. The topological polar surface area (TPSA) is 93.2 Å². The quantitative estimate of drug-likeness (QED) is 0.254. The molecule has 3 amide bonds. The predicted molar refractivity (Wildman–Crippen MR) is 137 cm³/mol. The van der Waals surface area contributed by atoms with Crippen LogP contribution in [-0.2, 0) is 19.2 Å². The molecule has 0 N–H and O–H groups in total. The highest BCUT2D eigenvalue weighted by Gasteiger charge is 2.67. The molecule has 4 aliphatic carbocycles. The number of nitrogens with zero attached hydrogens (tertiary/aromatic N) is 2. The molecular formula is C30H28N2O6. The summed E-state index contributed by atoms with van der Waals surface area (Å²) in [4.78, 5) is 55.6. The Morgan fingerprint density at radius 3 is 2.37 bits per heavy atom. The zero-order chi connectivity index (χ0) is 26.1. The first-order chi connectivity index (χ1) is 18.5. The van der Waals surface area contributed by atoms with Gasteiger partial charge in [-0.3, -0.25) is 19.2 Å². The largest absolute Gasteiger partial charge is 0.492 e. The van der Waals surface area contributed by atoms with Gasteiger partial charge in [0.2, 0.25) is 17.7 Å². The Labute approximate surface area is 220 Å². The van der Waals surface area contributed by atoms with Gasteiger partial charge in [0.05, 0.1) is 35.7 Å². The van der Waals surface area contributed by atoms with Crippen molar-refractivity contribution >= 4 is 35.1 Å². The van der Waals surface area contributed by atoms with E-state index in [0.717, 1.165) is 6.42 Å². The number of ether oxygens (including phenoxy) is 2. The highest BCUT2D eigenvalue weighted by atomic mass is 16.5. The third-order valence-electron chi connectivity index (χ3n) is 8.87. The zero-order valence-electron chi connectivity index (χ0n) is 21.0. The van der Waals surface area contributed by atoms with E-state index in [1.807, 2.05) is 19.1 Å². The molecule has 2 aromatic rings. The first kappa shape index (κ1) is 23.2. The third-order valence-corrected chi connectivity index (χ3v) is 8.87. The molecule has 2 heterocycles. The lowest BCUT2D eigenvalue weighted by Gasteiger charge is -2.37. The maximum Gasteiger partial charge on any atom is 0.316 e. The Morgan fingerprint density at radius 2 is 1.66 bits per heavy atom. The zero-order valence-corrected chi connectivity index (χ0v) is 21.0. The Balaban J connectivity index is 1.07. The van der Waals surface area contributed by atoms with E-state index in [4.69, 9.17) is 9.47 Å². The Morgan fingerprint density at radius 1 is 0.947 bits per heavy atom. The molecule has 0 aromatic heterocycles. The van der Waals surface area contributed by atoms with Crippen molar-refractivity contribution in [1.29, 1.82) is 0 Å². The van der Waals surface area contributed by atoms with Crippen LogP contribution in [0.4, 0.5) is 11.4 Å². The van der Waals surface area contributed by atoms with E-state index < -0.39 is 11.9 Å². The number of carbonyl (C=O) groups is 4. The second-order valence-electron chi connectivity index (χ2n) is 10.9. The summed E-state index contributed by atoms with van der Waals surface area (Å²) in [5.41, 5.74) is 1.05. The van der Waals surface area contributed by atoms with Crippen LogP contribution < -0.4 is 19.3 Å². The van der Waals surface area contributed by atoms with Crippen LogP contribution in [-0.4, -0.2) is 36.8 Å². The van der Waals surface area contributed by atoms with Crippen molar-refractivity contribution in [3.05, 3.63) is 60.7 Å². The number of imide groups is 1. The van der Waals surface area contributed by atoms with E-state index >= 15 is 0 Å². The van der Waals surface area contributed by atoms with Gasteiger partial charge in [-0.25, -0.2) is 4.90 Å². The maximum absolute atomic E-state index is 13.4. The van der Waals surface area contributed by atoms with Gasteiger partial charge in [-0.05, 0) is 61.3 Å². The minimum Gasteiger partial charge on any atom is -0.492 e. The smallest absolute Gasteiger partial charge is 0.316 e. The first-order valence-corrected chi connectivity index (χ1v) is 13.4. The molecule has 0 unspecified atom stereocenters. The van der Waals surface area contributed by atoms with Crippen molar-refractivity contribution in [2.24, 2.45) is 41.4 Å². The minimum absolute atomic E-state index is 0.0313. The van der Waals surface area contributed by atoms with Crippen molar-refractivity contribution in [1.82, 2.24) is 0 Å². The molecular weight excluding hydrogens is 484 g/mol. The van der Waals surface area contributed by atoms with Gasteiger partial charge in [0.25, 0.3) is 0 Å². The summed E-state index contributed by atoms with van der Waals surface area (Å²) in [5, 5.41) is 0. The van der Waals surface area contributed by atoms with Gasteiger partial charge >= 0.3 is 5.97 Å². The molecule has 0 radical (unpaired) electrons. The van der Waals surface area contributed by atoms with Crippen LogP contribution in [0.25, 0.3) is 0 Å². The number of para-hydroxylation sites is 2. The highest BCUT2D eigenvalue weighted by molar-refractivity contribution is 6.22. The summed E-state index contributed by atoms with van der Waals surface area (Å²) in [7, 11) is 0. The van der Waals surface area contributed by atoms with Gasteiger partial charge < -0.3 is 14.4 Å². The molecule has 7 atom stereocenters. The lowest BCUT2D eigenvalue weighted by Crippen LogP contribution is -2.40. The maximum atomic E-state index is 13.4. The fourth-order valence-corrected chi connectivity index (χ4v) is 7.15. The molecule has 2 saturated heterocycles. The van der Waals surface area contributed by atoms with Crippen LogP contribution in [0, 0.1) is 41.4 Å². The summed E-state index contributed by atoms with van der Waals surface area (Å²) >= 11 is 0. The Bertz CT molecular complexity index is 1360. The second kappa shape index (κ2) is 8.55. The van der Waals surface area contributed by atoms with E-state index in [0.29, 0.717) is 35.6 Å². The summed E-state index contributed by atoms with van der Waals surface area (Å²) in [6.45, 7) is 2.52. The van der Waals surface area contributed by atoms with E-state index in [1.165, 1.54) is 4.90 Å². The average Bonchev–Trinajstić information content (AvgIpc) is 3.60. The third kappa shape index (κ3) is 3.42. The number of carbonyl (C=O) groups excluding carboxylic acids is 4. The molecule has 38 heavy (non-hydrogen) atoms. The van der Waals surface area contributed by atoms with E-state index in [9.17, 15) is 19.2 Å². The summed E-state index contributed by atoms with van der Waals surface area (Å²) in [6.07, 6.45) is 5.43. The number of anilines is 2. The average molecular weight is 513 g/mol. The fourth-order valence-electron chi connectivity index (χ4n) is 7.15. The SMILES string of the molecule is CCOc1ccccc1N1C[C@H](C(=O)Oc2cccc(N3C(=O)[C@@H]4[C@H]5C=C[C@@H]([C@@H]6C[C@H]56)[C@H]4C3=O)c2)CC1=O. The number of benzene rings is 2. The van der Waals surface area contributed by atoms with Gasteiger partial charge in [-0.2, -0.15) is 0 Å². The molecule has 4 fully saturated rings. The number of hydrogen-bond acceptors (Lipinski definition) is 6. The normalized spacial score (nSPS) is 32.4. The van der Waals surface area contributed by atoms with Gasteiger partial charge in [-0.15, -0.1) is 0 Å². The van der Waals surface area contributed by atoms with Crippen molar-refractivity contribution in [2.75, 3.05) is 23.0 Å². The first-order valence-electron chi connectivity index (χ1n) is 13.4. The molecule has 2 saturated carbocycles. The van der Waals surface area contributed by atoms with Crippen LogP contribution in [0.2, 0.25) is 0 Å². The Hall–Kier alpha value is -3.94. The molecule has 8 nitrogen and oxygen atoms in total. The van der Waals surface area contributed by atoms with Crippen molar-refractivity contribution in [3.8, 4) is 11.5 Å². The lowest BCUT2D eigenvalue weighted by molar-refractivity contribution is -0.139. The Kier molecular flexibility index (Phi) is 5.22. The monoisotopic (exact) mass is 512 g/mol. The molecule has 2 bridgehead atoms. The lowest BCUT2D eigenvalue weighted by atomic mass is 9.63. The standard InChI is InChI=1S/C30H28N2O6/c1-2-37-24-9-4-3-8-23(24)31-15-16(12-25(31)33)30(36)38-18-7-5-6-17(13-18)32-28(34)26-19-10-11-20(22-14-21(19)22)27(26)29(32)35/h3-11,13,16,19-22,26-27H,2,12,14-15H2,1H3/t16-,19+,20+,21-,22+,26-,27-/m1/s1. The highest BCUT2D eigenvalue weighted by Crippen LogP contribution is 2.65. The molecule has 0 spiro atoms. The number of esters is 1. The molecule has 2 aliphatic heterocycles. The van der Waals surface area contributed by atoms with Gasteiger partial charge in [0, 0.05) is 19.0 Å². The second-order valence-corrected chi connectivity index (χ2v) is 10.9. The molecule has 6 aliphatic rings. The van der Waals surface area contributed by atoms with E-state index in [2.05, 4.69) is 12.2 Å². The van der Waals surface area contributed by atoms with Crippen LogP contribution in [0.5, 0.6) is 11.5 Å². The molecule has 2 aromatic carbocycles. The van der Waals surface area contributed by atoms with Gasteiger partial charge in [0.1, 0.15) is 11.5 Å². The van der Waals surface area contributed by atoms with Crippen molar-refractivity contribution < 1.29 is 28.7 Å². The number of allylic oxidation sites excluding steroid dienone is 2. The molecule has 8 heteroatoms. The van der Waals surface area contributed by atoms with Crippen LogP contribution in [0.15, 0.2) is 60.7 Å². The fraction of sp³-hybridized carbons (Fsp3) is 0.400. The predicted octanol–water partition coefficient (Wildman–Crippen LogP) is 3.60. The van der Waals surface area contributed by atoms with Crippen LogP contribution in [0.1, 0.15) is 19.8 Å². The number of rotatable bonds is 6. The van der Waals surface area contributed by atoms with E-state index in [-0.39, 0.29) is 60.1 Å². The van der Waals surface area contributed by atoms with Crippen LogP contribution in [0.3, 0.4) is 0 Å². The summed E-state index contributed by atoms with van der Waals surface area (Å²) < 4.78 is 11.3. The van der Waals surface area contributed by atoms with Crippen LogP contribution >= 0.6 is 0 Å². The molecule has 194 valence electrons. The summed E-state index contributed by atoms with van der Waals surface area (Å²) in [6, 6.07) is 13.8. The van der Waals surface area contributed by atoms with Gasteiger partial charge in [0.15, 0.2) is 0 Å². The summed E-state index contributed by atoms with van der Waals surface area (Å²) in [5.74, 6) is -0.0465. The van der Waals surface area contributed by atoms with Crippen molar-refractivity contribution in [2.45, 2.75) is 19.8 Å². The van der Waals surface area contributed by atoms with E-state index in [1.54, 1.807) is 41.3 Å².